The highest BCUT2D eigenvalue weighted by atomic mass is 32.2. The largest absolute Gasteiger partial charge is 0.497 e. The molecule has 1 heterocycles. The maximum Gasteiger partial charge on any atom is 0.268 e. The van der Waals surface area contributed by atoms with Gasteiger partial charge >= 0.3 is 0 Å². The van der Waals surface area contributed by atoms with Gasteiger partial charge in [-0.3, -0.25) is 0 Å². The van der Waals surface area contributed by atoms with Gasteiger partial charge in [0.1, 0.15) is 11.6 Å². The molecule has 0 spiro atoms. The third-order valence-corrected chi connectivity index (χ3v) is 5.29. The predicted octanol–water partition coefficient (Wildman–Crippen LogP) is 2.52. The molecule has 1 aromatic heterocycles. The van der Waals surface area contributed by atoms with E-state index in [1.165, 1.54) is 25.4 Å². The first-order valence-electron chi connectivity index (χ1n) is 6.77. The van der Waals surface area contributed by atoms with E-state index in [0.717, 1.165) is 16.1 Å². The minimum absolute atomic E-state index is 0.0314. The lowest BCUT2D eigenvalue weighted by Crippen LogP contribution is -2.11. The van der Waals surface area contributed by atoms with Gasteiger partial charge in [0.25, 0.3) is 10.0 Å². The van der Waals surface area contributed by atoms with E-state index in [2.05, 4.69) is 0 Å². The molecule has 0 aliphatic heterocycles. The highest BCUT2D eigenvalue weighted by molar-refractivity contribution is 7.90. The average Bonchev–Trinajstić information content (AvgIpc) is 2.93. The first-order valence-corrected chi connectivity index (χ1v) is 8.21. The minimum atomic E-state index is -3.89. The fraction of sp³-hybridized carbons (Fsp3) is 0.125. The lowest BCUT2D eigenvalue weighted by atomic mass is 10.2. The first kappa shape index (κ1) is 15.5. The summed E-state index contributed by atoms with van der Waals surface area (Å²) in [6.45, 7) is -0.310. The summed E-state index contributed by atoms with van der Waals surface area (Å²) < 4.78 is 44.8. The van der Waals surface area contributed by atoms with Gasteiger partial charge in [0.05, 0.1) is 24.1 Å². The predicted molar refractivity (Wildman–Crippen MR) is 83.4 cm³/mol. The Morgan fingerprint density at radius 1 is 1.17 bits per heavy atom. The lowest BCUT2D eigenvalue weighted by Gasteiger charge is -2.08. The SMILES string of the molecule is COc1ccc2c(c1)c(CO)cn2S(=O)(=O)c1ccc(F)cc1. The molecule has 1 N–H and O–H groups in total. The summed E-state index contributed by atoms with van der Waals surface area (Å²) in [5, 5.41) is 10.1. The number of rotatable bonds is 4. The van der Waals surface area contributed by atoms with E-state index >= 15 is 0 Å². The number of aromatic nitrogens is 1. The van der Waals surface area contributed by atoms with Gasteiger partial charge in [-0.15, -0.1) is 0 Å². The second-order valence-electron chi connectivity index (χ2n) is 4.95. The zero-order chi connectivity index (χ0) is 16.6. The monoisotopic (exact) mass is 335 g/mol. The van der Waals surface area contributed by atoms with Crippen molar-refractivity contribution < 1.29 is 22.7 Å². The zero-order valence-electron chi connectivity index (χ0n) is 12.2. The fourth-order valence-corrected chi connectivity index (χ4v) is 3.81. The Labute approximate surface area is 132 Å². The maximum atomic E-state index is 13.0. The van der Waals surface area contributed by atoms with Crippen molar-refractivity contribution in [1.82, 2.24) is 3.97 Å². The number of nitrogens with zero attached hydrogens (tertiary/aromatic N) is 1. The van der Waals surface area contributed by atoms with Crippen molar-refractivity contribution in [3.63, 3.8) is 0 Å². The summed E-state index contributed by atoms with van der Waals surface area (Å²) >= 11 is 0. The van der Waals surface area contributed by atoms with E-state index < -0.39 is 15.8 Å². The molecule has 0 aliphatic rings. The van der Waals surface area contributed by atoms with Crippen molar-refractivity contribution in [2.24, 2.45) is 0 Å². The van der Waals surface area contributed by atoms with Gasteiger partial charge in [0.2, 0.25) is 0 Å². The van der Waals surface area contributed by atoms with Crippen LogP contribution in [0.4, 0.5) is 4.39 Å². The van der Waals surface area contributed by atoms with Crippen LogP contribution in [0.3, 0.4) is 0 Å². The Morgan fingerprint density at radius 2 is 1.87 bits per heavy atom. The van der Waals surface area contributed by atoms with Crippen LogP contribution in [0.2, 0.25) is 0 Å². The number of halogens is 1. The van der Waals surface area contributed by atoms with Crippen molar-refractivity contribution in [1.29, 1.82) is 0 Å². The highest BCUT2D eigenvalue weighted by Gasteiger charge is 2.21. The Bertz CT molecular complexity index is 962. The van der Waals surface area contributed by atoms with Gasteiger partial charge in [0.15, 0.2) is 0 Å². The summed E-state index contributed by atoms with van der Waals surface area (Å²) in [5.74, 6) is 0.0474. The van der Waals surface area contributed by atoms with Crippen molar-refractivity contribution in [2.75, 3.05) is 7.11 Å². The molecule has 0 bridgehead atoms. The number of hydrogen-bond donors (Lipinski definition) is 1. The Kier molecular flexibility index (Phi) is 3.83. The van der Waals surface area contributed by atoms with Gasteiger partial charge in [0, 0.05) is 17.1 Å². The number of hydrogen-bond acceptors (Lipinski definition) is 4. The summed E-state index contributed by atoms with van der Waals surface area (Å²) in [7, 11) is -2.39. The molecule has 5 nitrogen and oxygen atoms in total. The van der Waals surface area contributed by atoms with Gasteiger partial charge in [-0.1, -0.05) is 0 Å². The molecular formula is C16H14FNO4S. The van der Waals surface area contributed by atoms with E-state index in [-0.39, 0.29) is 11.5 Å². The fourth-order valence-electron chi connectivity index (χ4n) is 2.42. The first-order chi connectivity index (χ1) is 11.0. The summed E-state index contributed by atoms with van der Waals surface area (Å²) in [4.78, 5) is -0.0314. The topological polar surface area (TPSA) is 68.5 Å². The van der Waals surface area contributed by atoms with Gasteiger partial charge in [-0.05, 0) is 42.5 Å². The molecule has 0 aliphatic carbocycles. The van der Waals surface area contributed by atoms with E-state index in [0.29, 0.717) is 22.2 Å². The molecule has 0 atom stereocenters. The van der Waals surface area contributed by atoms with Crippen LogP contribution in [0.15, 0.2) is 53.6 Å². The third kappa shape index (κ3) is 2.58. The van der Waals surface area contributed by atoms with Gasteiger partial charge in [-0.2, -0.15) is 0 Å². The van der Waals surface area contributed by atoms with Crippen LogP contribution in [-0.2, 0) is 16.6 Å². The zero-order valence-corrected chi connectivity index (χ0v) is 13.0. The van der Waals surface area contributed by atoms with Crippen LogP contribution in [0.1, 0.15) is 5.56 Å². The van der Waals surface area contributed by atoms with Crippen LogP contribution in [0.5, 0.6) is 5.75 Å². The number of fused-ring (bicyclic) bond motifs is 1. The molecule has 0 saturated carbocycles. The third-order valence-electron chi connectivity index (χ3n) is 3.60. The molecule has 2 aromatic carbocycles. The molecule has 3 aromatic rings. The Balaban J connectivity index is 2.25. The van der Waals surface area contributed by atoms with Crippen LogP contribution in [0, 0.1) is 5.82 Å². The number of aliphatic hydroxyl groups excluding tert-OH is 1. The molecule has 7 heteroatoms. The summed E-state index contributed by atoms with van der Waals surface area (Å²) in [6, 6.07) is 9.51. The van der Waals surface area contributed by atoms with Crippen LogP contribution >= 0.6 is 0 Å². The number of benzene rings is 2. The number of methoxy groups -OCH3 is 1. The quantitative estimate of drug-likeness (QED) is 0.795. The number of ether oxygens (including phenoxy) is 1. The molecule has 0 amide bonds. The van der Waals surface area contributed by atoms with Gasteiger partial charge in [-0.25, -0.2) is 16.8 Å². The van der Waals surface area contributed by atoms with Crippen LogP contribution < -0.4 is 4.74 Å². The second-order valence-corrected chi connectivity index (χ2v) is 6.77. The summed E-state index contributed by atoms with van der Waals surface area (Å²) in [5.41, 5.74) is 0.878. The molecule has 0 radical (unpaired) electrons. The Hall–Kier alpha value is -2.38. The normalized spacial score (nSPS) is 11.8. The molecule has 120 valence electrons. The van der Waals surface area contributed by atoms with E-state index in [1.54, 1.807) is 18.2 Å². The molecular weight excluding hydrogens is 321 g/mol. The molecule has 0 unspecified atom stereocenters. The van der Waals surface area contributed by atoms with Crippen molar-refractivity contribution in [3.8, 4) is 5.75 Å². The maximum absolute atomic E-state index is 13.0. The molecule has 3 rings (SSSR count). The van der Waals surface area contributed by atoms with Crippen molar-refractivity contribution in [2.45, 2.75) is 11.5 Å². The molecule has 0 saturated heterocycles. The molecule has 23 heavy (non-hydrogen) atoms. The van der Waals surface area contributed by atoms with E-state index in [1.807, 2.05) is 0 Å². The second kappa shape index (κ2) is 5.68. The van der Waals surface area contributed by atoms with Crippen LogP contribution in [0.25, 0.3) is 10.9 Å². The van der Waals surface area contributed by atoms with E-state index in [9.17, 15) is 17.9 Å². The standard InChI is InChI=1S/C16H14FNO4S/c1-22-13-4-7-16-15(8-13)11(10-19)9-18(16)23(20,21)14-5-2-12(17)3-6-14/h2-9,19H,10H2,1H3. The minimum Gasteiger partial charge on any atom is -0.497 e. The van der Waals surface area contributed by atoms with E-state index in [4.69, 9.17) is 4.74 Å². The Morgan fingerprint density at radius 3 is 2.48 bits per heavy atom. The lowest BCUT2D eigenvalue weighted by molar-refractivity contribution is 0.283. The molecule has 0 fully saturated rings. The summed E-state index contributed by atoms with van der Waals surface area (Å²) in [6.07, 6.45) is 1.36. The number of aliphatic hydroxyl groups is 1. The van der Waals surface area contributed by atoms with Crippen molar-refractivity contribution in [3.05, 3.63) is 60.0 Å². The smallest absolute Gasteiger partial charge is 0.268 e. The van der Waals surface area contributed by atoms with Crippen LogP contribution in [-0.4, -0.2) is 24.6 Å². The van der Waals surface area contributed by atoms with Gasteiger partial charge < -0.3 is 9.84 Å². The average molecular weight is 335 g/mol. The highest BCUT2D eigenvalue weighted by Crippen LogP contribution is 2.29. The van der Waals surface area contributed by atoms with Crippen molar-refractivity contribution >= 4 is 20.9 Å².